The lowest BCUT2D eigenvalue weighted by Gasteiger charge is -2.12. The van der Waals surface area contributed by atoms with E-state index < -0.39 is 11.9 Å². The van der Waals surface area contributed by atoms with Gasteiger partial charge in [-0.2, -0.15) is 0 Å². The Labute approximate surface area is 112 Å². The van der Waals surface area contributed by atoms with Crippen LogP contribution in [0.2, 0.25) is 0 Å². The minimum atomic E-state index is -0.577. The highest BCUT2D eigenvalue weighted by atomic mass is 19.1. The summed E-state index contributed by atoms with van der Waals surface area (Å²) in [5.74, 6) is -1.34. The fourth-order valence-electron chi connectivity index (χ4n) is 2.22. The molecule has 1 unspecified atom stereocenters. The first-order valence-corrected chi connectivity index (χ1v) is 6.32. The summed E-state index contributed by atoms with van der Waals surface area (Å²) in [6.45, 7) is 1.65. The molecule has 0 saturated carbocycles. The Bertz CT molecular complexity index is 544. The molecule has 2 rings (SSSR count). The van der Waals surface area contributed by atoms with Gasteiger partial charge in [0.25, 0.3) is 0 Å². The summed E-state index contributed by atoms with van der Waals surface area (Å²) in [5, 5.41) is 0. The van der Waals surface area contributed by atoms with Crippen LogP contribution in [0.15, 0.2) is 42.0 Å². The lowest BCUT2D eigenvalue weighted by molar-refractivity contribution is -0.142. The number of allylic oxidation sites excluding steroid dienone is 4. The van der Waals surface area contributed by atoms with Gasteiger partial charge in [-0.3, -0.25) is 4.79 Å². The van der Waals surface area contributed by atoms with Gasteiger partial charge in [0.15, 0.2) is 0 Å². The zero-order valence-corrected chi connectivity index (χ0v) is 11.2. The van der Waals surface area contributed by atoms with Crippen molar-refractivity contribution in [1.82, 2.24) is 0 Å². The van der Waals surface area contributed by atoms with E-state index in [1.807, 2.05) is 12.1 Å². The van der Waals surface area contributed by atoms with E-state index in [4.69, 9.17) is 0 Å². The minimum absolute atomic E-state index is 0.345. The van der Waals surface area contributed by atoms with Crippen molar-refractivity contribution in [2.75, 3.05) is 7.11 Å². The predicted octanol–water partition coefficient (Wildman–Crippen LogP) is 3.53. The Morgan fingerprint density at radius 1 is 1.47 bits per heavy atom. The largest absolute Gasteiger partial charge is 0.469 e. The smallest absolute Gasteiger partial charge is 0.312 e. The number of carbonyl (C=O) groups excluding carboxylic acids is 1. The molecule has 3 heteroatoms. The molecule has 0 aromatic heterocycles. The van der Waals surface area contributed by atoms with E-state index in [1.54, 1.807) is 13.0 Å². The second-order valence-corrected chi connectivity index (χ2v) is 4.73. The highest BCUT2D eigenvalue weighted by Gasteiger charge is 2.19. The number of ether oxygens (including phenoxy) is 1. The summed E-state index contributed by atoms with van der Waals surface area (Å²) in [4.78, 5) is 11.4. The Balaban J connectivity index is 2.14. The fraction of sp³-hybridized carbons (Fsp3) is 0.312. The number of carbonyl (C=O) groups is 1. The molecule has 0 aliphatic heterocycles. The van der Waals surface area contributed by atoms with Crippen molar-refractivity contribution < 1.29 is 13.9 Å². The third-order valence-electron chi connectivity index (χ3n) is 3.37. The summed E-state index contributed by atoms with van der Waals surface area (Å²) in [6, 6.07) is 5.06. The SMILES string of the molecule is COC(=O)C(C)c1ccc(CC2=CC=CC2)cc1F. The summed E-state index contributed by atoms with van der Waals surface area (Å²) in [6.07, 6.45) is 7.83. The second-order valence-electron chi connectivity index (χ2n) is 4.73. The van der Waals surface area contributed by atoms with Crippen LogP contribution in [0.1, 0.15) is 30.4 Å². The molecule has 0 saturated heterocycles. The van der Waals surface area contributed by atoms with E-state index in [-0.39, 0.29) is 5.82 Å². The molecule has 1 aliphatic rings. The quantitative estimate of drug-likeness (QED) is 0.774. The van der Waals surface area contributed by atoms with Gasteiger partial charge < -0.3 is 4.74 Å². The van der Waals surface area contributed by atoms with Crippen LogP contribution in [0.25, 0.3) is 0 Å². The molecule has 0 N–H and O–H groups in total. The topological polar surface area (TPSA) is 26.3 Å². The van der Waals surface area contributed by atoms with E-state index in [0.29, 0.717) is 5.56 Å². The monoisotopic (exact) mass is 260 g/mol. The predicted molar refractivity (Wildman–Crippen MR) is 72.4 cm³/mol. The molecular formula is C16H17FO2. The van der Waals surface area contributed by atoms with Crippen molar-refractivity contribution >= 4 is 5.97 Å². The number of hydrogen-bond acceptors (Lipinski definition) is 2. The summed E-state index contributed by atoms with van der Waals surface area (Å²) >= 11 is 0. The van der Waals surface area contributed by atoms with Crippen LogP contribution in [-0.4, -0.2) is 13.1 Å². The van der Waals surface area contributed by atoms with Crippen LogP contribution in [0.3, 0.4) is 0 Å². The Morgan fingerprint density at radius 3 is 2.84 bits per heavy atom. The Kier molecular flexibility index (Phi) is 4.15. The number of rotatable bonds is 4. The van der Waals surface area contributed by atoms with Gasteiger partial charge in [-0.1, -0.05) is 35.9 Å². The first-order chi connectivity index (χ1) is 9.11. The van der Waals surface area contributed by atoms with Crippen molar-refractivity contribution in [3.8, 4) is 0 Å². The normalized spacial score (nSPS) is 15.2. The third-order valence-corrected chi connectivity index (χ3v) is 3.37. The molecule has 0 amide bonds. The van der Waals surface area contributed by atoms with Gasteiger partial charge in [-0.25, -0.2) is 4.39 Å². The molecule has 100 valence electrons. The second kappa shape index (κ2) is 5.83. The fourth-order valence-corrected chi connectivity index (χ4v) is 2.22. The molecule has 1 atom stereocenters. The van der Waals surface area contributed by atoms with Crippen molar-refractivity contribution in [2.24, 2.45) is 0 Å². The lowest BCUT2D eigenvalue weighted by atomic mass is 9.97. The molecule has 0 heterocycles. The van der Waals surface area contributed by atoms with E-state index in [0.717, 1.165) is 18.4 Å². The first kappa shape index (κ1) is 13.5. The van der Waals surface area contributed by atoms with Crippen LogP contribution < -0.4 is 0 Å². The highest BCUT2D eigenvalue weighted by molar-refractivity contribution is 5.77. The van der Waals surface area contributed by atoms with Crippen molar-refractivity contribution in [3.63, 3.8) is 0 Å². The van der Waals surface area contributed by atoms with E-state index >= 15 is 0 Å². The molecule has 19 heavy (non-hydrogen) atoms. The maximum Gasteiger partial charge on any atom is 0.312 e. The molecule has 1 aromatic rings. The summed E-state index contributed by atoms with van der Waals surface area (Å²) in [5.41, 5.74) is 2.58. The Hall–Kier alpha value is -1.90. The van der Waals surface area contributed by atoms with Gasteiger partial charge in [0.1, 0.15) is 5.82 Å². The average Bonchev–Trinajstić information content (AvgIpc) is 2.90. The van der Waals surface area contributed by atoms with Gasteiger partial charge in [0.2, 0.25) is 0 Å². The van der Waals surface area contributed by atoms with Crippen molar-refractivity contribution in [2.45, 2.75) is 25.7 Å². The summed E-state index contributed by atoms with van der Waals surface area (Å²) < 4.78 is 18.7. The standard InChI is InChI=1S/C16H17FO2/c1-11(16(18)19-2)14-8-7-13(10-15(14)17)9-12-5-3-4-6-12/h3-5,7-8,10-11H,6,9H2,1-2H3. The first-order valence-electron chi connectivity index (χ1n) is 6.32. The maximum atomic E-state index is 14.0. The van der Waals surface area contributed by atoms with Gasteiger partial charge in [0.05, 0.1) is 13.0 Å². The van der Waals surface area contributed by atoms with E-state index in [2.05, 4.69) is 16.9 Å². The molecule has 2 nitrogen and oxygen atoms in total. The van der Waals surface area contributed by atoms with Crippen LogP contribution >= 0.6 is 0 Å². The molecule has 0 fully saturated rings. The number of methoxy groups -OCH3 is 1. The van der Waals surface area contributed by atoms with Gasteiger partial charge in [-0.15, -0.1) is 0 Å². The number of esters is 1. The zero-order chi connectivity index (χ0) is 13.8. The van der Waals surface area contributed by atoms with Crippen molar-refractivity contribution in [3.05, 3.63) is 58.9 Å². The Morgan fingerprint density at radius 2 is 2.26 bits per heavy atom. The van der Waals surface area contributed by atoms with E-state index in [9.17, 15) is 9.18 Å². The van der Waals surface area contributed by atoms with E-state index in [1.165, 1.54) is 18.7 Å². The van der Waals surface area contributed by atoms with Gasteiger partial charge in [0, 0.05) is 5.56 Å². The highest BCUT2D eigenvalue weighted by Crippen LogP contribution is 2.23. The van der Waals surface area contributed by atoms with Crippen LogP contribution in [0.4, 0.5) is 4.39 Å². The molecule has 0 radical (unpaired) electrons. The molecule has 0 bridgehead atoms. The van der Waals surface area contributed by atoms with Crippen molar-refractivity contribution in [1.29, 1.82) is 0 Å². The van der Waals surface area contributed by atoms with Crippen LogP contribution in [0, 0.1) is 5.82 Å². The molecule has 0 spiro atoms. The van der Waals surface area contributed by atoms with Gasteiger partial charge >= 0.3 is 5.97 Å². The molecule has 1 aliphatic carbocycles. The zero-order valence-electron chi connectivity index (χ0n) is 11.2. The number of halogens is 1. The third kappa shape index (κ3) is 3.11. The van der Waals surface area contributed by atoms with Gasteiger partial charge in [-0.05, 0) is 31.4 Å². The van der Waals surface area contributed by atoms with Crippen LogP contribution in [0.5, 0.6) is 0 Å². The molecule has 1 aromatic carbocycles. The molecular weight excluding hydrogens is 243 g/mol. The lowest BCUT2D eigenvalue weighted by Crippen LogP contribution is -2.12. The van der Waals surface area contributed by atoms with Crippen LogP contribution in [-0.2, 0) is 16.0 Å². The summed E-state index contributed by atoms with van der Waals surface area (Å²) in [7, 11) is 1.31. The average molecular weight is 260 g/mol. The minimum Gasteiger partial charge on any atom is -0.469 e. The number of hydrogen-bond donors (Lipinski definition) is 0. The maximum absolute atomic E-state index is 14.0. The number of benzene rings is 1.